The average Bonchev–Trinajstić information content (AvgIpc) is 3.37. The summed E-state index contributed by atoms with van der Waals surface area (Å²) in [6.45, 7) is 2.52. The molecule has 2 aliphatic heterocycles. The third kappa shape index (κ3) is 4.39. The molecule has 34 heavy (non-hydrogen) atoms. The second-order valence-electron chi connectivity index (χ2n) is 8.89. The fraction of sp³-hybridized carbons (Fsp3) is 0.417. The van der Waals surface area contributed by atoms with Gasteiger partial charge in [-0.15, -0.1) is 11.3 Å². The monoisotopic (exact) mass is 486 g/mol. The second kappa shape index (κ2) is 9.34. The number of carbonyl (C=O) groups excluding carboxylic acids is 1. The zero-order chi connectivity index (χ0) is 23.8. The maximum Gasteiger partial charge on any atom is 0.264 e. The Hall–Kier alpha value is -2.98. The van der Waals surface area contributed by atoms with Crippen LogP contribution in [-0.4, -0.2) is 49.7 Å². The lowest BCUT2D eigenvalue weighted by Crippen LogP contribution is -2.51. The standard InChI is InChI=1S/C24H28F2N6OS/c1-28-20-19-17(22(25)26)10-18(27)31-24(19)34-21(20)23(33)29-9-8-13-2-6-16(7-3-13)32-11-14-4-5-15(12-32)30-14/h2-3,6-7,10,14-15,22,28,30H,4-5,8-9,11-12H2,1H3,(H2,27,31)(H,29,33)/t14-,15+. The molecule has 0 unspecified atom stereocenters. The highest BCUT2D eigenvalue weighted by molar-refractivity contribution is 7.21. The van der Waals surface area contributed by atoms with Crippen molar-refractivity contribution in [3.05, 3.63) is 46.3 Å². The lowest BCUT2D eigenvalue weighted by atomic mass is 10.1. The number of rotatable bonds is 7. The van der Waals surface area contributed by atoms with Crippen LogP contribution in [0.1, 0.15) is 40.1 Å². The minimum Gasteiger partial charge on any atom is -0.386 e. The van der Waals surface area contributed by atoms with Gasteiger partial charge >= 0.3 is 0 Å². The van der Waals surface area contributed by atoms with Crippen molar-refractivity contribution in [3.63, 3.8) is 0 Å². The minimum atomic E-state index is -2.72. The highest BCUT2D eigenvalue weighted by Gasteiger charge is 2.32. The maximum absolute atomic E-state index is 13.6. The number of piperazine rings is 1. The quantitative estimate of drug-likeness (QED) is 0.406. The van der Waals surface area contributed by atoms with Gasteiger partial charge in [-0.25, -0.2) is 13.8 Å². The number of anilines is 3. The van der Waals surface area contributed by atoms with Crippen LogP contribution in [0, 0.1) is 0 Å². The Morgan fingerprint density at radius 3 is 2.62 bits per heavy atom. The first-order valence-electron chi connectivity index (χ1n) is 11.5. The van der Waals surface area contributed by atoms with Crippen LogP contribution in [-0.2, 0) is 6.42 Å². The van der Waals surface area contributed by atoms with Gasteiger partial charge in [-0.3, -0.25) is 4.79 Å². The molecule has 2 saturated heterocycles. The molecule has 0 radical (unpaired) electrons. The predicted molar refractivity (Wildman–Crippen MR) is 133 cm³/mol. The fourth-order valence-electron chi connectivity index (χ4n) is 5.00. The molecular weight excluding hydrogens is 458 g/mol. The highest BCUT2D eigenvalue weighted by Crippen LogP contribution is 2.40. The lowest BCUT2D eigenvalue weighted by Gasteiger charge is -2.34. The molecule has 0 aliphatic carbocycles. The average molecular weight is 487 g/mol. The molecule has 180 valence electrons. The number of fused-ring (bicyclic) bond motifs is 3. The molecule has 2 aromatic heterocycles. The summed E-state index contributed by atoms with van der Waals surface area (Å²) >= 11 is 1.06. The van der Waals surface area contributed by atoms with Gasteiger partial charge in [-0.2, -0.15) is 0 Å². The molecule has 2 fully saturated rings. The molecule has 2 bridgehead atoms. The van der Waals surface area contributed by atoms with Crippen LogP contribution >= 0.6 is 11.3 Å². The second-order valence-corrected chi connectivity index (χ2v) is 9.89. The number of halogens is 2. The Morgan fingerprint density at radius 1 is 1.26 bits per heavy atom. The number of hydrogen-bond acceptors (Lipinski definition) is 7. The van der Waals surface area contributed by atoms with Crippen LogP contribution in [0.4, 0.5) is 26.0 Å². The molecule has 2 aliphatic rings. The van der Waals surface area contributed by atoms with E-state index in [0.29, 0.717) is 40.4 Å². The lowest BCUT2D eigenvalue weighted by molar-refractivity contribution is 0.0959. The zero-order valence-electron chi connectivity index (χ0n) is 18.9. The first-order valence-corrected chi connectivity index (χ1v) is 12.3. The predicted octanol–water partition coefficient (Wildman–Crippen LogP) is 3.77. The summed E-state index contributed by atoms with van der Waals surface area (Å²) in [7, 11) is 1.61. The Balaban J connectivity index is 1.24. The van der Waals surface area contributed by atoms with E-state index in [4.69, 9.17) is 5.73 Å². The fourth-order valence-corrected chi connectivity index (χ4v) is 6.14. The van der Waals surface area contributed by atoms with Gasteiger partial charge < -0.3 is 26.6 Å². The van der Waals surface area contributed by atoms with E-state index in [1.165, 1.54) is 18.5 Å². The van der Waals surface area contributed by atoms with Crippen LogP contribution in [0.15, 0.2) is 30.3 Å². The van der Waals surface area contributed by atoms with E-state index in [9.17, 15) is 13.6 Å². The van der Waals surface area contributed by atoms with E-state index in [-0.39, 0.29) is 22.7 Å². The normalized spacial score (nSPS) is 19.7. The van der Waals surface area contributed by atoms with Crippen LogP contribution < -0.4 is 26.6 Å². The van der Waals surface area contributed by atoms with E-state index in [1.54, 1.807) is 7.05 Å². The summed E-state index contributed by atoms with van der Waals surface area (Å²) < 4.78 is 27.1. The molecule has 2 atom stereocenters. The van der Waals surface area contributed by atoms with Crippen molar-refractivity contribution < 1.29 is 13.6 Å². The van der Waals surface area contributed by atoms with Crippen molar-refractivity contribution in [2.24, 2.45) is 0 Å². The molecule has 5 rings (SSSR count). The van der Waals surface area contributed by atoms with Crippen molar-refractivity contribution in [2.75, 3.05) is 42.6 Å². The number of alkyl halides is 2. The summed E-state index contributed by atoms with van der Waals surface area (Å²) in [5.41, 5.74) is 8.19. The highest BCUT2D eigenvalue weighted by atomic mass is 32.1. The van der Waals surface area contributed by atoms with E-state index >= 15 is 0 Å². The summed E-state index contributed by atoms with van der Waals surface area (Å²) in [5, 5.41) is 9.70. The van der Waals surface area contributed by atoms with Crippen molar-refractivity contribution >= 4 is 44.7 Å². The third-order valence-electron chi connectivity index (χ3n) is 6.62. The van der Waals surface area contributed by atoms with Crippen molar-refractivity contribution in [3.8, 4) is 0 Å². The van der Waals surface area contributed by atoms with Gasteiger partial charge in [0.05, 0.1) is 5.69 Å². The SMILES string of the molecule is CNc1c(C(=O)NCCc2ccc(N3C[C@H]4CC[C@@H](C3)N4)cc2)sc2nc(N)cc(C(F)F)c12. The molecule has 4 heterocycles. The smallest absolute Gasteiger partial charge is 0.264 e. The van der Waals surface area contributed by atoms with Crippen LogP contribution in [0.25, 0.3) is 10.2 Å². The molecule has 5 N–H and O–H groups in total. The number of pyridine rings is 1. The van der Waals surface area contributed by atoms with Crippen molar-refractivity contribution in [1.82, 2.24) is 15.6 Å². The van der Waals surface area contributed by atoms with Crippen molar-refractivity contribution in [1.29, 1.82) is 0 Å². The third-order valence-corrected chi connectivity index (χ3v) is 7.70. The number of nitrogen functional groups attached to an aromatic ring is 1. The molecule has 7 nitrogen and oxygen atoms in total. The molecule has 1 aromatic carbocycles. The van der Waals surface area contributed by atoms with E-state index in [0.717, 1.165) is 36.1 Å². The van der Waals surface area contributed by atoms with Gasteiger partial charge in [-0.05, 0) is 43.0 Å². The topological polar surface area (TPSA) is 95.3 Å². The van der Waals surface area contributed by atoms with Gasteiger partial charge in [-0.1, -0.05) is 12.1 Å². The number of carbonyl (C=O) groups is 1. The van der Waals surface area contributed by atoms with Gasteiger partial charge in [0.25, 0.3) is 12.3 Å². The van der Waals surface area contributed by atoms with E-state index < -0.39 is 6.43 Å². The van der Waals surface area contributed by atoms with Gasteiger partial charge in [0.15, 0.2) is 0 Å². The minimum absolute atomic E-state index is 0.00979. The zero-order valence-corrected chi connectivity index (χ0v) is 19.7. The number of aromatic nitrogens is 1. The Morgan fingerprint density at radius 2 is 1.97 bits per heavy atom. The van der Waals surface area contributed by atoms with Crippen molar-refractivity contribution in [2.45, 2.75) is 37.8 Å². The number of thiophene rings is 1. The Kier molecular flexibility index (Phi) is 6.26. The molecule has 0 spiro atoms. The maximum atomic E-state index is 13.6. The number of nitrogens with two attached hydrogens (primary N) is 1. The summed E-state index contributed by atoms with van der Waals surface area (Å²) in [6.07, 6.45) is 0.457. The molecule has 10 heteroatoms. The van der Waals surface area contributed by atoms with E-state index in [2.05, 4.69) is 50.1 Å². The largest absolute Gasteiger partial charge is 0.386 e. The molecule has 3 aromatic rings. The van der Waals surface area contributed by atoms with Crippen LogP contribution in [0.5, 0.6) is 0 Å². The Bertz CT molecular complexity index is 1190. The number of amides is 1. The number of hydrogen-bond donors (Lipinski definition) is 4. The number of benzene rings is 1. The summed E-state index contributed by atoms with van der Waals surface area (Å²) in [4.78, 5) is 20.1. The van der Waals surface area contributed by atoms with Gasteiger partial charge in [0.1, 0.15) is 15.5 Å². The van der Waals surface area contributed by atoms with E-state index in [1.807, 2.05) is 0 Å². The summed E-state index contributed by atoms with van der Waals surface area (Å²) in [6, 6.07) is 10.8. The number of nitrogens with one attached hydrogen (secondary N) is 3. The van der Waals surface area contributed by atoms with Crippen LogP contribution in [0.2, 0.25) is 0 Å². The number of nitrogens with zero attached hydrogens (tertiary/aromatic N) is 2. The first-order chi connectivity index (χ1) is 16.4. The van der Waals surface area contributed by atoms with Crippen LogP contribution in [0.3, 0.4) is 0 Å². The first kappa shape index (κ1) is 22.8. The molecular formula is C24H28F2N6OS. The van der Waals surface area contributed by atoms with Gasteiger partial charge in [0.2, 0.25) is 0 Å². The summed E-state index contributed by atoms with van der Waals surface area (Å²) in [5.74, 6) is -0.311. The van der Waals surface area contributed by atoms with Gasteiger partial charge in [0, 0.05) is 55.4 Å². The Labute approximate surface area is 200 Å². The molecule has 0 saturated carbocycles. The molecule has 1 amide bonds.